The van der Waals surface area contributed by atoms with Crippen LogP contribution in [0.5, 0.6) is 5.75 Å². The van der Waals surface area contributed by atoms with Crippen molar-refractivity contribution in [3.8, 4) is 5.75 Å². The predicted octanol–water partition coefficient (Wildman–Crippen LogP) is 3.78. The van der Waals surface area contributed by atoms with Gasteiger partial charge in [0.1, 0.15) is 16.8 Å². The average molecular weight is 428 g/mol. The molecular weight excluding hydrogens is 405 g/mol. The smallest absolute Gasteiger partial charge is 0.240 e. The van der Waals surface area contributed by atoms with Gasteiger partial charge in [-0.2, -0.15) is 0 Å². The molecular formula is C21H22FN5O2S. The number of benzene rings is 2. The summed E-state index contributed by atoms with van der Waals surface area (Å²) in [6, 6.07) is 13.1. The van der Waals surface area contributed by atoms with E-state index in [9.17, 15) is 9.18 Å². The van der Waals surface area contributed by atoms with Crippen molar-refractivity contribution in [3.05, 3.63) is 65.7 Å². The number of carbonyl (C=O) groups excluding carboxylic acids is 1. The summed E-state index contributed by atoms with van der Waals surface area (Å²) in [4.78, 5) is 13.1. The molecule has 0 bridgehead atoms. The van der Waals surface area contributed by atoms with E-state index in [1.165, 1.54) is 36.0 Å². The predicted molar refractivity (Wildman–Crippen MR) is 114 cm³/mol. The minimum Gasteiger partial charge on any atom is -0.494 e. The number of hydrogen-bond donors (Lipinski definition) is 2. The topological polar surface area (TPSA) is 81.1 Å². The van der Waals surface area contributed by atoms with E-state index in [1.807, 2.05) is 42.8 Å². The summed E-state index contributed by atoms with van der Waals surface area (Å²) in [5.74, 6) is 1.02. The Hall–Kier alpha value is -3.07. The van der Waals surface area contributed by atoms with E-state index >= 15 is 0 Å². The molecule has 0 radical (unpaired) electrons. The van der Waals surface area contributed by atoms with E-state index in [0.29, 0.717) is 23.9 Å². The standard InChI is InChI=1S/C21H22FN5O2S/c1-3-17-24-25-21-27(17)26-18(13-5-11-16(12-6-13)29-4-2)19(30-21)20(28)23-15-9-7-14(22)8-10-15/h5-12,18-19,26H,3-4H2,1-2H3,(H,23,28)/t18-,19+/m1/s1. The van der Waals surface area contributed by atoms with Crippen LogP contribution in [0.25, 0.3) is 0 Å². The van der Waals surface area contributed by atoms with E-state index in [4.69, 9.17) is 4.74 Å². The van der Waals surface area contributed by atoms with Gasteiger partial charge in [0.25, 0.3) is 0 Å². The normalized spacial score (nSPS) is 17.7. The monoisotopic (exact) mass is 427 g/mol. The lowest BCUT2D eigenvalue weighted by atomic mass is 10.0. The first kappa shape index (κ1) is 20.2. The van der Waals surface area contributed by atoms with Crippen molar-refractivity contribution in [2.45, 2.75) is 36.7 Å². The lowest BCUT2D eigenvalue weighted by molar-refractivity contribution is -0.116. The van der Waals surface area contributed by atoms with Crippen molar-refractivity contribution in [1.82, 2.24) is 14.9 Å². The van der Waals surface area contributed by atoms with Crippen LogP contribution in [0.1, 0.15) is 31.3 Å². The van der Waals surface area contributed by atoms with Gasteiger partial charge in [0.15, 0.2) is 5.82 Å². The van der Waals surface area contributed by atoms with Crippen LogP contribution < -0.4 is 15.5 Å². The average Bonchev–Trinajstić information content (AvgIpc) is 3.17. The molecule has 0 saturated heterocycles. The molecule has 30 heavy (non-hydrogen) atoms. The van der Waals surface area contributed by atoms with Gasteiger partial charge in [-0.05, 0) is 48.9 Å². The molecule has 2 aromatic carbocycles. The van der Waals surface area contributed by atoms with Crippen molar-refractivity contribution >= 4 is 23.4 Å². The maximum atomic E-state index is 13.2. The first-order valence-electron chi connectivity index (χ1n) is 9.75. The van der Waals surface area contributed by atoms with E-state index in [2.05, 4.69) is 20.9 Å². The minimum atomic E-state index is -0.505. The fourth-order valence-corrected chi connectivity index (χ4v) is 4.36. The van der Waals surface area contributed by atoms with Crippen LogP contribution in [-0.4, -0.2) is 32.6 Å². The lowest BCUT2D eigenvalue weighted by Gasteiger charge is -2.33. The number of amides is 1. The summed E-state index contributed by atoms with van der Waals surface area (Å²) < 4.78 is 20.6. The van der Waals surface area contributed by atoms with Gasteiger partial charge in [-0.3, -0.25) is 4.79 Å². The quantitative estimate of drug-likeness (QED) is 0.623. The van der Waals surface area contributed by atoms with Gasteiger partial charge in [-0.1, -0.05) is 30.8 Å². The minimum absolute atomic E-state index is 0.203. The second kappa shape index (κ2) is 8.74. The molecule has 4 rings (SSSR count). The van der Waals surface area contributed by atoms with Crippen LogP contribution in [0.4, 0.5) is 10.1 Å². The molecule has 1 aliphatic heterocycles. The molecule has 7 nitrogen and oxygen atoms in total. The maximum absolute atomic E-state index is 13.2. The molecule has 0 unspecified atom stereocenters. The summed E-state index contributed by atoms with van der Waals surface area (Å²) >= 11 is 1.35. The van der Waals surface area contributed by atoms with Gasteiger partial charge in [-0.25, -0.2) is 9.07 Å². The fraction of sp³-hybridized carbons (Fsp3) is 0.286. The summed E-state index contributed by atoms with van der Waals surface area (Å²) in [6.07, 6.45) is 0.711. The second-order valence-electron chi connectivity index (χ2n) is 6.73. The van der Waals surface area contributed by atoms with E-state index in [-0.39, 0.29) is 17.8 Å². The van der Waals surface area contributed by atoms with E-state index < -0.39 is 5.25 Å². The van der Waals surface area contributed by atoms with Crippen molar-refractivity contribution < 1.29 is 13.9 Å². The van der Waals surface area contributed by atoms with E-state index in [1.54, 1.807) is 0 Å². The number of nitrogens with one attached hydrogen (secondary N) is 2. The van der Waals surface area contributed by atoms with Gasteiger partial charge in [0.2, 0.25) is 11.1 Å². The Balaban J connectivity index is 1.64. The van der Waals surface area contributed by atoms with Crippen LogP contribution in [-0.2, 0) is 11.2 Å². The zero-order valence-corrected chi connectivity index (χ0v) is 17.4. The Bertz CT molecular complexity index is 1020. The molecule has 0 spiro atoms. The van der Waals surface area contributed by atoms with Gasteiger partial charge < -0.3 is 15.5 Å². The Kier molecular flexibility index (Phi) is 5.89. The molecule has 3 aromatic rings. The Morgan fingerprint density at radius 2 is 1.90 bits per heavy atom. The number of thioether (sulfide) groups is 1. The first-order chi connectivity index (χ1) is 14.6. The number of ether oxygens (including phenoxy) is 1. The van der Waals surface area contributed by atoms with Gasteiger partial charge in [0.05, 0.1) is 12.6 Å². The van der Waals surface area contributed by atoms with Crippen molar-refractivity contribution in [2.24, 2.45) is 0 Å². The third-order valence-electron chi connectivity index (χ3n) is 4.74. The van der Waals surface area contributed by atoms with Gasteiger partial charge >= 0.3 is 0 Å². The molecule has 2 heterocycles. The number of carbonyl (C=O) groups is 1. The third kappa shape index (κ3) is 4.11. The number of aryl methyl sites for hydroxylation is 1. The summed E-state index contributed by atoms with van der Waals surface area (Å²) in [5.41, 5.74) is 4.87. The molecule has 156 valence electrons. The van der Waals surface area contributed by atoms with Crippen LogP contribution in [0.15, 0.2) is 53.7 Å². The Morgan fingerprint density at radius 1 is 1.17 bits per heavy atom. The zero-order valence-electron chi connectivity index (χ0n) is 16.6. The van der Waals surface area contributed by atoms with E-state index in [0.717, 1.165) is 17.1 Å². The summed E-state index contributed by atoms with van der Waals surface area (Å²) in [5, 5.41) is 11.4. The van der Waals surface area contributed by atoms with Crippen LogP contribution >= 0.6 is 11.8 Å². The molecule has 9 heteroatoms. The fourth-order valence-electron chi connectivity index (χ4n) is 3.26. The molecule has 2 atom stereocenters. The Morgan fingerprint density at radius 3 is 2.57 bits per heavy atom. The van der Waals surface area contributed by atoms with Gasteiger partial charge in [-0.15, -0.1) is 10.2 Å². The zero-order chi connectivity index (χ0) is 21.1. The first-order valence-corrected chi connectivity index (χ1v) is 10.6. The molecule has 1 amide bonds. The maximum Gasteiger partial charge on any atom is 0.240 e. The number of fused-ring (bicyclic) bond motifs is 1. The summed E-state index contributed by atoms with van der Waals surface area (Å²) in [6.45, 7) is 4.52. The second-order valence-corrected chi connectivity index (χ2v) is 7.84. The van der Waals surface area contributed by atoms with Gasteiger partial charge in [0, 0.05) is 12.1 Å². The lowest BCUT2D eigenvalue weighted by Crippen LogP contribution is -2.41. The van der Waals surface area contributed by atoms with Crippen LogP contribution in [0.2, 0.25) is 0 Å². The highest BCUT2D eigenvalue weighted by Crippen LogP contribution is 2.38. The number of rotatable bonds is 6. The van der Waals surface area contributed by atoms with Crippen molar-refractivity contribution in [2.75, 3.05) is 17.3 Å². The molecule has 1 aromatic heterocycles. The van der Waals surface area contributed by atoms with Crippen molar-refractivity contribution in [1.29, 1.82) is 0 Å². The Labute approximate surface area is 178 Å². The molecule has 2 N–H and O–H groups in total. The SMILES string of the molecule is CCOc1ccc([C@H]2Nn3c(CC)nnc3S[C@@H]2C(=O)Nc2ccc(F)cc2)cc1. The number of aromatic nitrogens is 3. The third-order valence-corrected chi connectivity index (χ3v) is 5.96. The number of anilines is 1. The number of nitrogens with zero attached hydrogens (tertiary/aromatic N) is 3. The number of hydrogen-bond acceptors (Lipinski definition) is 6. The molecule has 1 aliphatic rings. The largest absolute Gasteiger partial charge is 0.494 e. The molecule has 0 aliphatic carbocycles. The highest BCUT2D eigenvalue weighted by molar-refractivity contribution is 8.00. The summed E-state index contributed by atoms with van der Waals surface area (Å²) in [7, 11) is 0. The number of halogens is 1. The molecule has 0 saturated carbocycles. The van der Waals surface area contributed by atoms with Crippen molar-refractivity contribution in [3.63, 3.8) is 0 Å². The van der Waals surface area contributed by atoms with Crippen LogP contribution in [0, 0.1) is 5.82 Å². The van der Waals surface area contributed by atoms with Crippen LogP contribution in [0.3, 0.4) is 0 Å². The highest BCUT2D eigenvalue weighted by Gasteiger charge is 2.37. The molecule has 0 fully saturated rings. The highest BCUT2D eigenvalue weighted by atomic mass is 32.2.